The third kappa shape index (κ3) is 2.98. The van der Waals surface area contributed by atoms with E-state index in [1.165, 1.54) is 0 Å². The molecule has 2 aromatic rings. The molecule has 1 amide bonds. The number of rotatable bonds is 3. The molecule has 0 unspecified atom stereocenters. The van der Waals surface area contributed by atoms with Crippen LogP contribution in [0.5, 0.6) is 0 Å². The summed E-state index contributed by atoms with van der Waals surface area (Å²) in [5, 5.41) is 4.55. The van der Waals surface area contributed by atoms with Crippen molar-refractivity contribution in [2.45, 2.75) is 25.9 Å². The van der Waals surface area contributed by atoms with Crippen molar-refractivity contribution in [1.82, 2.24) is 19.7 Å². The number of carbonyl (C=O) groups is 1. The van der Waals surface area contributed by atoms with Gasteiger partial charge in [0.05, 0.1) is 12.6 Å². The summed E-state index contributed by atoms with van der Waals surface area (Å²) in [5.74, 6) is 1.64. The Hall–Kier alpha value is -1.92. The molecule has 118 valence electrons. The van der Waals surface area contributed by atoms with Crippen molar-refractivity contribution in [2.24, 2.45) is 5.73 Å². The van der Waals surface area contributed by atoms with E-state index in [4.69, 9.17) is 5.73 Å². The van der Waals surface area contributed by atoms with Crippen LogP contribution in [0.15, 0.2) is 30.3 Å². The first-order valence-corrected chi connectivity index (χ1v) is 7.20. The van der Waals surface area contributed by atoms with Crippen LogP contribution in [0.4, 0.5) is 0 Å². The molecule has 0 radical (unpaired) electrons. The summed E-state index contributed by atoms with van der Waals surface area (Å²) in [6, 6.07) is 9.82. The molecule has 0 saturated carbocycles. The molecule has 1 aliphatic heterocycles. The first-order chi connectivity index (χ1) is 10.2. The lowest BCUT2D eigenvalue weighted by Gasteiger charge is -2.32. The molecule has 3 rings (SSSR count). The lowest BCUT2D eigenvalue weighted by molar-refractivity contribution is -0.134. The summed E-state index contributed by atoms with van der Waals surface area (Å²) in [6.45, 7) is 3.70. The molecular formula is C15H20ClN5O. The average molecular weight is 322 g/mol. The average Bonchev–Trinajstić information content (AvgIpc) is 2.94. The third-order valence-electron chi connectivity index (χ3n) is 3.80. The smallest absolute Gasteiger partial charge is 0.224 e. The number of benzene rings is 1. The summed E-state index contributed by atoms with van der Waals surface area (Å²) >= 11 is 0. The van der Waals surface area contributed by atoms with Crippen LogP contribution >= 0.6 is 12.4 Å². The second-order valence-corrected chi connectivity index (χ2v) is 5.18. The first kappa shape index (κ1) is 16.5. The van der Waals surface area contributed by atoms with Crippen LogP contribution < -0.4 is 5.73 Å². The van der Waals surface area contributed by atoms with Crippen LogP contribution in [0.25, 0.3) is 11.4 Å². The fourth-order valence-corrected chi connectivity index (χ4v) is 2.68. The number of aromatic nitrogens is 3. The monoisotopic (exact) mass is 321 g/mol. The number of fused-ring (bicyclic) bond motifs is 1. The zero-order valence-corrected chi connectivity index (χ0v) is 13.3. The minimum absolute atomic E-state index is 0. The summed E-state index contributed by atoms with van der Waals surface area (Å²) in [5.41, 5.74) is 6.47. The van der Waals surface area contributed by atoms with Gasteiger partial charge in [-0.3, -0.25) is 4.79 Å². The van der Waals surface area contributed by atoms with Crippen molar-refractivity contribution in [3.63, 3.8) is 0 Å². The van der Waals surface area contributed by atoms with Gasteiger partial charge in [0.1, 0.15) is 5.82 Å². The van der Waals surface area contributed by atoms with Crippen LogP contribution in [-0.4, -0.2) is 38.7 Å². The van der Waals surface area contributed by atoms with Crippen molar-refractivity contribution in [3.8, 4) is 11.4 Å². The molecule has 0 spiro atoms. The molecule has 2 N–H and O–H groups in total. The van der Waals surface area contributed by atoms with Gasteiger partial charge in [-0.1, -0.05) is 30.3 Å². The van der Waals surface area contributed by atoms with Gasteiger partial charge in [-0.2, -0.15) is 5.10 Å². The molecule has 1 aromatic heterocycles. The fraction of sp³-hybridized carbons (Fsp3) is 0.400. The number of hydrogen-bond acceptors (Lipinski definition) is 4. The molecule has 0 fully saturated rings. The van der Waals surface area contributed by atoms with E-state index in [0.717, 1.165) is 11.4 Å². The topological polar surface area (TPSA) is 77.0 Å². The van der Waals surface area contributed by atoms with E-state index >= 15 is 0 Å². The van der Waals surface area contributed by atoms with E-state index in [0.29, 0.717) is 31.9 Å². The molecule has 1 aromatic carbocycles. The van der Waals surface area contributed by atoms with Crippen LogP contribution in [-0.2, 0) is 11.3 Å². The van der Waals surface area contributed by atoms with E-state index in [-0.39, 0.29) is 24.4 Å². The molecule has 6 nitrogen and oxygen atoms in total. The maximum atomic E-state index is 12.1. The summed E-state index contributed by atoms with van der Waals surface area (Å²) in [7, 11) is 0. The third-order valence-corrected chi connectivity index (χ3v) is 3.80. The van der Waals surface area contributed by atoms with Crippen molar-refractivity contribution >= 4 is 18.3 Å². The molecule has 2 heterocycles. The minimum Gasteiger partial charge on any atom is -0.331 e. The molecule has 1 atom stereocenters. The van der Waals surface area contributed by atoms with Gasteiger partial charge in [-0.25, -0.2) is 9.67 Å². The highest BCUT2D eigenvalue weighted by molar-refractivity contribution is 5.85. The Bertz CT molecular complexity index is 643. The second-order valence-electron chi connectivity index (χ2n) is 5.18. The Balaban J connectivity index is 0.00000176. The van der Waals surface area contributed by atoms with E-state index in [9.17, 15) is 4.79 Å². The van der Waals surface area contributed by atoms with Crippen LogP contribution in [0.3, 0.4) is 0 Å². The van der Waals surface area contributed by atoms with Gasteiger partial charge in [-0.05, 0) is 6.92 Å². The number of amides is 1. The lowest BCUT2D eigenvalue weighted by Crippen LogP contribution is -2.42. The Morgan fingerprint density at radius 1 is 1.32 bits per heavy atom. The van der Waals surface area contributed by atoms with Crippen molar-refractivity contribution < 1.29 is 4.79 Å². The standard InChI is InChI=1S/C15H19N5O.ClH/c1-11-15-17-14(12-5-3-2-4-6-12)18-20(15)10-9-19(11)13(21)7-8-16;/h2-6,11H,7-10,16H2,1H3;1H/t11-;/m0./s1. The van der Waals surface area contributed by atoms with Gasteiger partial charge in [-0.15, -0.1) is 12.4 Å². The Morgan fingerprint density at radius 2 is 2.05 bits per heavy atom. The fourth-order valence-electron chi connectivity index (χ4n) is 2.68. The lowest BCUT2D eigenvalue weighted by atomic mass is 10.2. The molecular weight excluding hydrogens is 302 g/mol. The van der Waals surface area contributed by atoms with E-state index in [2.05, 4.69) is 10.1 Å². The highest BCUT2D eigenvalue weighted by Crippen LogP contribution is 2.26. The first-order valence-electron chi connectivity index (χ1n) is 7.20. The van der Waals surface area contributed by atoms with Crippen molar-refractivity contribution in [1.29, 1.82) is 0 Å². The van der Waals surface area contributed by atoms with Gasteiger partial charge in [0.2, 0.25) is 5.91 Å². The zero-order valence-electron chi connectivity index (χ0n) is 12.5. The number of hydrogen-bond donors (Lipinski definition) is 1. The number of nitrogens with zero attached hydrogens (tertiary/aromatic N) is 4. The van der Waals surface area contributed by atoms with Gasteiger partial charge in [0.15, 0.2) is 5.82 Å². The number of halogens is 1. The summed E-state index contributed by atoms with van der Waals surface area (Å²) in [4.78, 5) is 18.5. The van der Waals surface area contributed by atoms with Gasteiger partial charge in [0, 0.05) is 25.1 Å². The number of nitrogens with two attached hydrogens (primary N) is 1. The maximum Gasteiger partial charge on any atom is 0.224 e. The van der Waals surface area contributed by atoms with E-state index in [1.807, 2.05) is 46.8 Å². The molecule has 0 bridgehead atoms. The maximum absolute atomic E-state index is 12.1. The van der Waals surface area contributed by atoms with E-state index in [1.54, 1.807) is 0 Å². The SMILES string of the molecule is C[C@H]1c2nc(-c3ccccc3)nn2CCN1C(=O)CCN.Cl. The molecule has 22 heavy (non-hydrogen) atoms. The minimum atomic E-state index is -0.0669. The highest BCUT2D eigenvalue weighted by Gasteiger charge is 2.30. The van der Waals surface area contributed by atoms with Crippen molar-refractivity contribution in [2.75, 3.05) is 13.1 Å². The zero-order chi connectivity index (χ0) is 14.8. The molecule has 1 aliphatic rings. The molecule has 0 aliphatic carbocycles. The summed E-state index contributed by atoms with van der Waals surface area (Å²) < 4.78 is 1.90. The van der Waals surface area contributed by atoms with E-state index < -0.39 is 0 Å². The second kappa shape index (κ2) is 6.89. The van der Waals surface area contributed by atoms with Gasteiger partial charge >= 0.3 is 0 Å². The van der Waals surface area contributed by atoms with Crippen LogP contribution in [0.2, 0.25) is 0 Å². The summed E-state index contributed by atoms with van der Waals surface area (Å²) in [6.07, 6.45) is 0.379. The van der Waals surface area contributed by atoms with Crippen molar-refractivity contribution in [3.05, 3.63) is 36.2 Å². The predicted molar refractivity (Wildman–Crippen MR) is 86.5 cm³/mol. The quantitative estimate of drug-likeness (QED) is 0.932. The Kier molecular flexibility index (Phi) is 5.15. The largest absolute Gasteiger partial charge is 0.331 e. The molecule has 7 heteroatoms. The predicted octanol–water partition coefficient (Wildman–Crippen LogP) is 1.62. The highest BCUT2D eigenvalue weighted by atomic mass is 35.5. The van der Waals surface area contributed by atoms with Crippen LogP contribution in [0, 0.1) is 0 Å². The number of carbonyl (C=O) groups excluding carboxylic acids is 1. The van der Waals surface area contributed by atoms with Gasteiger partial charge in [0.25, 0.3) is 0 Å². The molecule has 0 saturated heterocycles. The Morgan fingerprint density at radius 3 is 2.73 bits per heavy atom. The Labute approximate surface area is 135 Å². The van der Waals surface area contributed by atoms with Crippen LogP contribution in [0.1, 0.15) is 25.2 Å². The van der Waals surface area contributed by atoms with Gasteiger partial charge < -0.3 is 10.6 Å². The normalized spacial score (nSPS) is 16.8.